The fraction of sp³-hybridized carbons (Fsp3) is 0.120. The Morgan fingerprint density at radius 1 is 1.06 bits per heavy atom. The Morgan fingerprint density at radius 3 is 2.46 bits per heavy atom. The van der Waals surface area contributed by atoms with Crippen molar-refractivity contribution < 1.29 is 14.7 Å². The van der Waals surface area contributed by atoms with E-state index >= 15 is 0 Å². The maximum absolute atomic E-state index is 12.6. The Morgan fingerprint density at radius 2 is 1.80 bits per heavy atom. The van der Waals surface area contributed by atoms with Crippen molar-refractivity contribution in [1.29, 1.82) is 0 Å². The number of aryl methyl sites for hydroxylation is 1. The molecule has 10 nitrogen and oxygen atoms in total. The smallest absolute Gasteiger partial charge is 0.343 e. The van der Waals surface area contributed by atoms with Crippen LogP contribution in [-0.2, 0) is 13.1 Å². The number of nitrogens with one attached hydrogen (secondary N) is 2. The van der Waals surface area contributed by atoms with Crippen molar-refractivity contribution in [2.24, 2.45) is 0 Å². The van der Waals surface area contributed by atoms with Crippen molar-refractivity contribution in [1.82, 2.24) is 14.9 Å². The number of amides is 2. The molecule has 0 unspecified atom stereocenters. The lowest BCUT2D eigenvalue weighted by Crippen LogP contribution is -2.28. The molecule has 4 aromatic rings. The predicted molar refractivity (Wildman–Crippen MR) is 135 cm³/mol. The number of aromatic carboxylic acids is 1. The SMILES string of the molecule is CCn1c(N)c(C(=O)O)c(=O)c2ccc(-c3ccc(NC(=O)NCc4cccc(N)c4)cc3)nc21. The highest BCUT2D eigenvalue weighted by Gasteiger charge is 2.20. The molecule has 2 heterocycles. The second kappa shape index (κ2) is 9.56. The lowest BCUT2D eigenvalue weighted by atomic mass is 10.1. The number of nitrogens with zero attached hydrogens (tertiary/aromatic N) is 2. The number of hydrogen-bond acceptors (Lipinski definition) is 6. The van der Waals surface area contributed by atoms with Gasteiger partial charge in [0.15, 0.2) is 0 Å². The Bertz CT molecular complexity index is 1490. The fourth-order valence-electron chi connectivity index (χ4n) is 3.80. The van der Waals surface area contributed by atoms with Gasteiger partial charge in [0.2, 0.25) is 5.43 Å². The third-order valence-electron chi connectivity index (χ3n) is 5.52. The maximum Gasteiger partial charge on any atom is 0.343 e. The molecule has 2 aromatic heterocycles. The molecule has 10 heteroatoms. The number of carboxylic acids is 1. The van der Waals surface area contributed by atoms with Crippen LogP contribution in [0.3, 0.4) is 0 Å². The van der Waals surface area contributed by atoms with E-state index in [2.05, 4.69) is 15.6 Å². The Hall–Kier alpha value is -4.86. The van der Waals surface area contributed by atoms with Crippen LogP contribution in [0.5, 0.6) is 0 Å². The van der Waals surface area contributed by atoms with Crippen molar-refractivity contribution in [3.63, 3.8) is 0 Å². The average molecular weight is 473 g/mol. The molecule has 0 aliphatic rings. The van der Waals surface area contributed by atoms with Crippen molar-refractivity contribution in [2.75, 3.05) is 16.8 Å². The molecule has 0 bridgehead atoms. The Labute approximate surface area is 200 Å². The Balaban J connectivity index is 1.54. The largest absolute Gasteiger partial charge is 0.477 e. The standard InChI is InChI=1S/C25H24N6O4/c1-2-31-22(27)20(24(33)34)21(32)18-10-11-19(30-23(18)31)15-6-8-17(9-7-15)29-25(35)28-13-14-4-3-5-16(26)12-14/h3-12H,2,13,26-27H2,1H3,(H,33,34)(H2,28,29,35). The van der Waals surface area contributed by atoms with Gasteiger partial charge >= 0.3 is 12.0 Å². The normalized spacial score (nSPS) is 10.8. The van der Waals surface area contributed by atoms with Crippen molar-refractivity contribution >= 4 is 40.2 Å². The molecule has 0 saturated carbocycles. The number of nitrogens with two attached hydrogens (primary N) is 2. The van der Waals surface area contributed by atoms with Gasteiger partial charge < -0.3 is 31.8 Å². The summed E-state index contributed by atoms with van der Waals surface area (Å²) in [6.07, 6.45) is 0. The number of hydrogen-bond donors (Lipinski definition) is 5. The zero-order valence-corrected chi connectivity index (χ0v) is 18.9. The van der Waals surface area contributed by atoms with E-state index in [0.29, 0.717) is 35.8 Å². The summed E-state index contributed by atoms with van der Waals surface area (Å²) in [5.41, 5.74) is 14.3. The number of fused-ring (bicyclic) bond motifs is 1. The van der Waals surface area contributed by atoms with Crippen molar-refractivity contribution in [3.05, 3.63) is 82.0 Å². The number of nitrogen functional groups attached to an aromatic ring is 2. The molecule has 0 spiro atoms. The molecular formula is C25H24N6O4. The highest BCUT2D eigenvalue weighted by atomic mass is 16.4. The van der Waals surface area contributed by atoms with Gasteiger partial charge in [-0.15, -0.1) is 0 Å². The highest BCUT2D eigenvalue weighted by molar-refractivity contribution is 5.97. The summed E-state index contributed by atoms with van der Waals surface area (Å²) < 4.78 is 1.50. The quantitative estimate of drug-likeness (QED) is 0.269. The van der Waals surface area contributed by atoms with Crippen LogP contribution < -0.4 is 27.5 Å². The minimum atomic E-state index is -1.37. The summed E-state index contributed by atoms with van der Waals surface area (Å²) in [5.74, 6) is -1.51. The van der Waals surface area contributed by atoms with E-state index in [9.17, 15) is 19.5 Å². The number of pyridine rings is 2. The minimum Gasteiger partial charge on any atom is -0.477 e. The number of aromatic nitrogens is 2. The molecule has 4 rings (SSSR count). The number of benzene rings is 2. The molecule has 0 aliphatic heterocycles. The number of rotatable bonds is 6. The van der Waals surface area contributed by atoms with Gasteiger partial charge in [0.25, 0.3) is 0 Å². The number of urea groups is 1. The average Bonchev–Trinajstić information content (AvgIpc) is 2.83. The molecule has 178 valence electrons. The molecule has 35 heavy (non-hydrogen) atoms. The van der Waals surface area contributed by atoms with E-state index in [1.165, 1.54) is 4.57 Å². The predicted octanol–water partition coefficient (Wildman–Crippen LogP) is 3.27. The fourth-order valence-corrected chi connectivity index (χ4v) is 3.80. The molecule has 0 atom stereocenters. The number of carbonyl (C=O) groups is 2. The monoisotopic (exact) mass is 472 g/mol. The van der Waals surface area contributed by atoms with E-state index in [-0.39, 0.29) is 17.2 Å². The summed E-state index contributed by atoms with van der Waals surface area (Å²) in [6.45, 7) is 2.47. The van der Waals surface area contributed by atoms with Crippen LogP contribution in [0, 0.1) is 0 Å². The first-order chi connectivity index (χ1) is 16.8. The topological polar surface area (TPSA) is 165 Å². The number of carbonyl (C=O) groups excluding carboxylic acids is 1. The second-order valence-electron chi connectivity index (χ2n) is 7.84. The summed E-state index contributed by atoms with van der Waals surface area (Å²) >= 11 is 0. The van der Waals surface area contributed by atoms with Crippen molar-refractivity contribution in [3.8, 4) is 11.3 Å². The summed E-state index contributed by atoms with van der Waals surface area (Å²) in [4.78, 5) is 41.0. The first-order valence-corrected chi connectivity index (χ1v) is 10.8. The molecule has 0 aliphatic carbocycles. The zero-order chi connectivity index (χ0) is 25.1. The molecule has 0 radical (unpaired) electrons. The second-order valence-corrected chi connectivity index (χ2v) is 7.84. The van der Waals surface area contributed by atoms with Gasteiger partial charge in [0.1, 0.15) is 17.0 Å². The third-order valence-corrected chi connectivity index (χ3v) is 5.52. The molecule has 7 N–H and O–H groups in total. The molecular weight excluding hydrogens is 448 g/mol. The zero-order valence-electron chi connectivity index (χ0n) is 18.9. The highest BCUT2D eigenvalue weighted by Crippen LogP contribution is 2.24. The molecule has 2 aromatic carbocycles. The van der Waals surface area contributed by atoms with E-state index in [4.69, 9.17) is 11.5 Å². The van der Waals surface area contributed by atoms with Crippen LogP contribution in [0.15, 0.2) is 65.5 Å². The van der Waals surface area contributed by atoms with Gasteiger partial charge in [0, 0.05) is 30.0 Å². The summed E-state index contributed by atoms with van der Waals surface area (Å²) in [5, 5.41) is 15.1. The minimum absolute atomic E-state index is 0.133. The van der Waals surface area contributed by atoms with Crippen LogP contribution in [-0.4, -0.2) is 26.7 Å². The molecule has 2 amide bonds. The Kier molecular flexibility index (Phi) is 6.36. The first kappa shape index (κ1) is 23.3. The van der Waals surface area contributed by atoms with Gasteiger partial charge in [-0.2, -0.15) is 0 Å². The van der Waals surface area contributed by atoms with Crippen LogP contribution in [0.2, 0.25) is 0 Å². The van der Waals surface area contributed by atoms with E-state index in [0.717, 1.165) is 11.1 Å². The third kappa shape index (κ3) is 4.76. The van der Waals surface area contributed by atoms with Crippen LogP contribution in [0.1, 0.15) is 22.8 Å². The van der Waals surface area contributed by atoms with E-state index in [1.807, 2.05) is 12.1 Å². The van der Waals surface area contributed by atoms with Crippen LogP contribution in [0.25, 0.3) is 22.3 Å². The molecule has 0 saturated heterocycles. The van der Waals surface area contributed by atoms with Crippen LogP contribution in [0.4, 0.5) is 22.0 Å². The van der Waals surface area contributed by atoms with Gasteiger partial charge in [-0.05, 0) is 48.9 Å². The number of anilines is 3. The van der Waals surface area contributed by atoms with Gasteiger partial charge in [-0.3, -0.25) is 4.79 Å². The van der Waals surface area contributed by atoms with Crippen LogP contribution >= 0.6 is 0 Å². The van der Waals surface area contributed by atoms with Gasteiger partial charge in [-0.1, -0.05) is 24.3 Å². The van der Waals surface area contributed by atoms with Crippen molar-refractivity contribution in [2.45, 2.75) is 20.0 Å². The van der Waals surface area contributed by atoms with E-state index < -0.39 is 17.0 Å². The first-order valence-electron chi connectivity index (χ1n) is 10.8. The lowest BCUT2D eigenvalue weighted by molar-refractivity contribution is 0.0696. The maximum atomic E-state index is 12.6. The van der Waals surface area contributed by atoms with Gasteiger partial charge in [0.05, 0.1) is 11.1 Å². The lowest BCUT2D eigenvalue weighted by Gasteiger charge is -2.14. The summed E-state index contributed by atoms with van der Waals surface area (Å²) in [6, 6.07) is 17.1. The number of carboxylic acid groups (broad SMARTS) is 1. The van der Waals surface area contributed by atoms with Gasteiger partial charge in [-0.25, -0.2) is 14.6 Å². The van der Waals surface area contributed by atoms with E-state index in [1.54, 1.807) is 55.5 Å². The molecule has 0 fully saturated rings. The summed E-state index contributed by atoms with van der Waals surface area (Å²) in [7, 11) is 0.